The molecule has 0 aromatic heterocycles. The van der Waals surface area contributed by atoms with Crippen molar-refractivity contribution >= 4 is 21.4 Å². The highest BCUT2D eigenvalue weighted by molar-refractivity contribution is 7.92. The van der Waals surface area contributed by atoms with Crippen LogP contribution in [0.15, 0.2) is 41.3 Å². The van der Waals surface area contributed by atoms with Gasteiger partial charge in [0.05, 0.1) is 9.92 Å². The van der Waals surface area contributed by atoms with Crippen molar-refractivity contribution in [2.45, 2.75) is 10.4 Å². The summed E-state index contributed by atoms with van der Waals surface area (Å²) in [6.07, 6.45) is 0. The fourth-order valence-corrected chi connectivity index (χ4v) is 2.78. The number of halogens is 5. The summed E-state index contributed by atoms with van der Waals surface area (Å²) in [5.74, 6) is -0.767. The second-order valence-electron chi connectivity index (χ2n) is 3.99. The molecule has 0 fully saturated rings. The molecule has 0 saturated carbocycles. The minimum atomic E-state index is -5.55. The van der Waals surface area contributed by atoms with E-state index in [-0.39, 0.29) is 16.1 Å². The third-order valence-corrected chi connectivity index (χ3v) is 4.44. The highest BCUT2D eigenvalue weighted by Crippen LogP contribution is 2.36. The van der Waals surface area contributed by atoms with E-state index < -0.39 is 26.1 Å². The first-order valence-corrected chi connectivity index (χ1v) is 7.28. The number of hydrogen-bond donors (Lipinski definition) is 0. The summed E-state index contributed by atoms with van der Waals surface area (Å²) >= 11 is 5.56. The molecular weight excluding hydrogens is 332 g/mol. The Morgan fingerprint density at radius 3 is 2.38 bits per heavy atom. The Kier molecular flexibility index (Phi) is 3.99. The average Bonchev–Trinajstić information content (AvgIpc) is 2.40. The number of benzene rings is 2. The minimum Gasteiger partial charge on any atom is -0.214 e. The van der Waals surface area contributed by atoms with E-state index in [1.165, 1.54) is 6.07 Å². The van der Waals surface area contributed by atoms with Crippen LogP contribution in [0.25, 0.3) is 11.1 Å². The summed E-state index contributed by atoms with van der Waals surface area (Å²) in [6, 6.07) is 8.70. The largest absolute Gasteiger partial charge is 0.501 e. The zero-order chi connectivity index (χ0) is 15.8. The molecule has 21 heavy (non-hydrogen) atoms. The predicted molar refractivity (Wildman–Crippen MR) is 68.9 cm³/mol. The molecule has 0 aliphatic rings. The lowest BCUT2D eigenvalue weighted by atomic mass is 10.1. The van der Waals surface area contributed by atoms with Crippen LogP contribution in [0.5, 0.6) is 0 Å². The first-order valence-electron chi connectivity index (χ1n) is 5.42. The van der Waals surface area contributed by atoms with Crippen LogP contribution in [-0.4, -0.2) is 13.9 Å². The van der Waals surface area contributed by atoms with Gasteiger partial charge in [0.2, 0.25) is 0 Å². The van der Waals surface area contributed by atoms with Gasteiger partial charge in [0.15, 0.2) is 0 Å². The molecular formula is C13H6ClF4O2S. The Labute approximate surface area is 122 Å². The van der Waals surface area contributed by atoms with Crippen molar-refractivity contribution in [2.24, 2.45) is 0 Å². The number of rotatable bonds is 2. The Morgan fingerprint density at radius 1 is 1.14 bits per heavy atom. The van der Waals surface area contributed by atoms with E-state index in [9.17, 15) is 26.0 Å². The molecule has 2 aromatic rings. The van der Waals surface area contributed by atoms with Crippen molar-refractivity contribution in [1.82, 2.24) is 0 Å². The van der Waals surface area contributed by atoms with Crippen molar-refractivity contribution in [2.75, 3.05) is 0 Å². The fraction of sp³-hybridized carbons (Fsp3) is 0.0769. The summed E-state index contributed by atoms with van der Waals surface area (Å²) in [4.78, 5) is -0.958. The molecule has 1 radical (unpaired) electrons. The molecule has 111 valence electrons. The van der Waals surface area contributed by atoms with Gasteiger partial charge in [-0.25, -0.2) is 12.8 Å². The minimum absolute atomic E-state index is 0.0184. The van der Waals surface area contributed by atoms with E-state index >= 15 is 0 Å². The van der Waals surface area contributed by atoms with Crippen LogP contribution < -0.4 is 0 Å². The Balaban J connectivity index is 2.70. The topological polar surface area (TPSA) is 34.1 Å². The van der Waals surface area contributed by atoms with Crippen LogP contribution in [0.1, 0.15) is 0 Å². The third-order valence-electron chi connectivity index (χ3n) is 2.62. The van der Waals surface area contributed by atoms with Crippen molar-refractivity contribution < 1.29 is 26.0 Å². The SMILES string of the molecule is O=S(=O)(c1ccc[c]c1-c1ccc(F)c(Cl)c1)C(F)(F)F. The number of hydrogen-bond acceptors (Lipinski definition) is 2. The Bertz CT molecular complexity index is 785. The predicted octanol–water partition coefficient (Wildman–Crippen LogP) is 4.24. The summed E-state index contributed by atoms with van der Waals surface area (Å²) < 4.78 is 74.2. The maximum Gasteiger partial charge on any atom is 0.501 e. The zero-order valence-corrected chi connectivity index (χ0v) is 11.7. The van der Waals surface area contributed by atoms with Gasteiger partial charge >= 0.3 is 5.51 Å². The van der Waals surface area contributed by atoms with Crippen LogP contribution in [0.2, 0.25) is 5.02 Å². The van der Waals surface area contributed by atoms with Crippen LogP contribution in [0.3, 0.4) is 0 Å². The smallest absolute Gasteiger partial charge is 0.214 e. The quantitative estimate of drug-likeness (QED) is 0.768. The molecule has 2 rings (SSSR count). The molecule has 0 amide bonds. The van der Waals surface area contributed by atoms with E-state index in [2.05, 4.69) is 6.07 Å². The van der Waals surface area contributed by atoms with Gasteiger partial charge in [-0.2, -0.15) is 13.2 Å². The second-order valence-corrected chi connectivity index (χ2v) is 6.30. The van der Waals surface area contributed by atoms with Crippen LogP contribution in [-0.2, 0) is 9.84 Å². The highest BCUT2D eigenvalue weighted by Gasteiger charge is 2.47. The van der Waals surface area contributed by atoms with E-state index in [1.807, 2.05) is 0 Å². The van der Waals surface area contributed by atoms with Crippen molar-refractivity contribution in [1.29, 1.82) is 0 Å². The normalized spacial score (nSPS) is 12.4. The van der Waals surface area contributed by atoms with Gasteiger partial charge < -0.3 is 0 Å². The van der Waals surface area contributed by atoms with Gasteiger partial charge in [-0.15, -0.1) is 0 Å². The van der Waals surface area contributed by atoms with Crippen LogP contribution >= 0.6 is 11.6 Å². The molecule has 0 heterocycles. The maximum atomic E-state index is 13.1. The first kappa shape index (κ1) is 15.8. The van der Waals surface area contributed by atoms with E-state index in [0.717, 1.165) is 30.3 Å². The first-order chi connectivity index (χ1) is 9.64. The molecule has 2 aromatic carbocycles. The molecule has 0 unspecified atom stereocenters. The molecule has 0 spiro atoms. The Morgan fingerprint density at radius 2 is 1.81 bits per heavy atom. The Hall–Kier alpha value is -1.60. The van der Waals surface area contributed by atoms with Crippen molar-refractivity contribution in [3.63, 3.8) is 0 Å². The molecule has 0 N–H and O–H groups in total. The molecule has 8 heteroatoms. The van der Waals surface area contributed by atoms with Gasteiger partial charge in [0.25, 0.3) is 9.84 Å². The molecule has 0 aliphatic carbocycles. The zero-order valence-electron chi connectivity index (χ0n) is 10.1. The lowest BCUT2D eigenvalue weighted by Gasteiger charge is -2.12. The lowest BCUT2D eigenvalue weighted by Crippen LogP contribution is -2.23. The van der Waals surface area contributed by atoms with Gasteiger partial charge in [-0.3, -0.25) is 0 Å². The van der Waals surface area contributed by atoms with Gasteiger partial charge in [-0.05, 0) is 29.8 Å². The maximum absolute atomic E-state index is 13.1. The number of alkyl halides is 3. The second kappa shape index (κ2) is 5.31. The summed E-state index contributed by atoms with van der Waals surface area (Å²) in [5, 5.41) is -0.333. The summed E-state index contributed by atoms with van der Waals surface area (Å²) in [7, 11) is -5.55. The third kappa shape index (κ3) is 2.89. The number of sulfone groups is 1. The molecule has 0 bridgehead atoms. The standard InChI is InChI=1S/C13H6ClF4O2S/c14-10-7-8(5-6-11(10)15)9-3-1-2-4-12(9)21(19,20)13(16,17)18/h1-2,4-7H. The van der Waals surface area contributed by atoms with Crippen LogP contribution in [0, 0.1) is 11.9 Å². The summed E-state index contributed by atoms with van der Waals surface area (Å²) in [5.41, 5.74) is -5.75. The molecule has 0 atom stereocenters. The van der Waals surface area contributed by atoms with Crippen LogP contribution in [0.4, 0.5) is 17.6 Å². The van der Waals surface area contributed by atoms with E-state index in [0.29, 0.717) is 0 Å². The average molecular weight is 338 g/mol. The molecule has 2 nitrogen and oxygen atoms in total. The molecule has 0 saturated heterocycles. The van der Waals surface area contributed by atoms with E-state index in [1.54, 1.807) is 0 Å². The highest BCUT2D eigenvalue weighted by atomic mass is 35.5. The monoisotopic (exact) mass is 337 g/mol. The van der Waals surface area contributed by atoms with E-state index in [4.69, 9.17) is 11.6 Å². The van der Waals surface area contributed by atoms with Gasteiger partial charge in [0, 0.05) is 5.56 Å². The molecule has 0 aliphatic heterocycles. The lowest BCUT2D eigenvalue weighted by molar-refractivity contribution is -0.0435. The van der Waals surface area contributed by atoms with Crippen molar-refractivity contribution in [3.05, 3.63) is 53.3 Å². The van der Waals surface area contributed by atoms with Gasteiger partial charge in [-0.1, -0.05) is 29.8 Å². The van der Waals surface area contributed by atoms with Gasteiger partial charge in [0.1, 0.15) is 5.82 Å². The summed E-state index contributed by atoms with van der Waals surface area (Å²) in [6.45, 7) is 0. The van der Waals surface area contributed by atoms with Crippen molar-refractivity contribution in [3.8, 4) is 11.1 Å². The fourth-order valence-electron chi connectivity index (χ4n) is 1.65.